The standard InChI is InChI=1S/C32H40F3N7O5S/c1-6-21-25(39-12-13-40(23-10-9-22(23)39)30(45)47-31(3,4)5)28(44)42-29(37-27(38-42)19-8-7-14-46-15-11-19)41(21)16-24(43)36-20-17-48-26(18(20)2)32(33,34)35/h11,17,22-23H,6-10,12-16H2,1-5H3,(H,36,43)/t22-,23-/m0/s1/i14D2. The van der Waals surface area contributed by atoms with Crippen LogP contribution in [0.25, 0.3) is 11.4 Å². The molecule has 1 saturated carbocycles. The topological polar surface area (TPSA) is 123 Å². The summed E-state index contributed by atoms with van der Waals surface area (Å²) in [7, 11) is 0. The lowest BCUT2D eigenvalue weighted by molar-refractivity contribution is -0.134. The van der Waals surface area contributed by atoms with E-state index >= 15 is 0 Å². The minimum absolute atomic E-state index is 0.0269. The molecular formula is C32H40F3N7O5S. The van der Waals surface area contributed by atoms with Gasteiger partial charge in [-0.3, -0.25) is 9.59 Å². The minimum Gasteiger partial charge on any atom is -0.444 e. The van der Waals surface area contributed by atoms with Gasteiger partial charge in [-0.2, -0.15) is 22.7 Å². The number of carbonyl (C=O) groups excluding carboxylic acids is 2. The van der Waals surface area contributed by atoms with E-state index in [0.717, 1.165) is 10.9 Å². The highest BCUT2D eigenvalue weighted by Crippen LogP contribution is 2.40. The van der Waals surface area contributed by atoms with E-state index in [1.165, 1.54) is 12.3 Å². The van der Waals surface area contributed by atoms with Crippen molar-refractivity contribution in [1.29, 1.82) is 0 Å². The number of piperazine rings is 1. The van der Waals surface area contributed by atoms with E-state index in [4.69, 9.17) is 12.2 Å². The number of fused-ring (bicyclic) bond motifs is 2. The maximum Gasteiger partial charge on any atom is 0.425 e. The van der Waals surface area contributed by atoms with E-state index in [9.17, 15) is 27.6 Å². The molecule has 1 aliphatic carbocycles. The second-order valence-electron chi connectivity index (χ2n) is 13.1. The van der Waals surface area contributed by atoms with Gasteiger partial charge in [0.25, 0.3) is 5.56 Å². The Kier molecular flexibility index (Phi) is 8.39. The maximum absolute atomic E-state index is 14.4. The van der Waals surface area contributed by atoms with E-state index < -0.39 is 40.8 Å². The van der Waals surface area contributed by atoms with E-state index in [1.807, 2.05) is 11.8 Å². The van der Waals surface area contributed by atoms with Gasteiger partial charge in [0.05, 0.1) is 26.8 Å². The second-order valence-corrected chi connectivity index (χ2v) is 14.0. The van der Waals surface area contributed by atoms with Crippen LogP contribution in [0, 0.1) is 6.92 Å². The third kappa shape index (κ3) is 6.43. The quantitative estimate of drug-likeness (QED) is 0.371. The molecule has 6 rings (SSSR count). The van der Waals surface area contributed by atoms with Gasteiger partial charge in [0.2, 0.25) is 11.7 Å². The first-order chi connectivity index (χ1) is 23.4. The first kappa shape index (κ1) is 31.4. The predicted molar refractivity (Wildman–Crippen MR) is 174 cm³/mol. The highest BCUT2D eigenvalue weighted by Gasteiger charge is 2.47. The Hall–Kier alpha value is -3.92. The number of ether oxygens (including phenoxy) is 2. The summed E-state index contributed by atoms with van der Waals surface area (Å²) in [5.41, 5.74) is 0.173. The molecule has 3 aliphatic rings. The van der Waals surface area contributed by atoms with Crippen molar-refractivity contribution in [2.45, 2.75) is 97.1 Å². The number of hydrogen-bond acceptors (Lipinski definition) is 9. The monoisotopic (exact) mass is 693 g/mol. The Labute approximate surface area is 282 Å². The third-order valence-corrected chi connectivity index (χ3v) is 9.96. The van der Waals surface area contributed by atoms with Crippen molar-refractivity contribution in [3.8, 4) is 0 Å². The van der Waals surface area contributed by atoms with Crippen LogP contribution >= 0.6 is 11.3 Å². The van der Waals surface area contributed by atoms with Gasteiger partial charge < -0.3 is 29.2 Å². The number of alkyl halides is 3. The van der Waals surface area contributed by atoms with Crippen LogP contribution in [0.3, 0.4) is 0 Å². The molecule has 3 aromatic heterocycles. The zero-order chi connectivity index (χ0) is 36.3. The Morgan fingerprint density at radius 3 is 2.60 bits per heavy atom. The SMILES string of the molecule is [2H]C1([2H])CCC(c2nc3n(CC(=O)Nc4csc(C(F)(F)F)c4C)c(CC)c(N4CCN(C(=O)OC(C)(C)C)[C@H]5CC[C@@H]54)c(=O)n3n2)=CCO1. The van der Waals surface area contributed by atoms with Crippen LogP contribution in [0.4, 0.5) is 29.3 Å². The Morgan fingerprint density at radius 1 is 1.21 bits per heavy atom. The molecule has 0 aromatic carbocycles. The molecule has 5 heterocycles. The number of hydrogen-bond donors (Lipinski definition) is 1. The number of thiophene rings is 1. The van der Waals surface area contributed by atoms with Crippen LogP contribution in [-0.4, -0.2) is 80.0 Å². The van der Waals surface area contributed by atoms with Gasteiger partial charge in [-0.1, -0.05) is 13.0 Å². The molecule has 260 valence electrons. The van der Waals surface area contributed by atoms with Crippen molar-refractivity contribution in [3.63, 3.8) is 0 Å². The predicted octanol–water partition coefficient (Wildman–Crippen LogP) is 5.26. The summed E-state index contributed by atoms with van der Waals surface area (Å²) in [6.07, 6.45) is -1.31. The summed E-state index contributed by atoms with van der Waals surface area (Å²) < 4.78 is 70.1. The van der Waals surface area contributed by atoms with Crippen molar-refractivity contribution in [3.05, 3.63) is 43.8 Å². The lowest BCUT2D eigenvalue weighted by Gasteiger charge is -2.54. The summed E-state index contributed by atoms with van der Waals surface area (Å²) in [6.45, 7) is 6.89. The summed E-state index contributed by atoms with van der Waals surface area (Å²) in [6, 6.07) is -0.396. The number of allylic oxidation sites excluding steroid dienone is 1. The van der Waals surface area contributed by atoms with Crippen LogP contribution in [0.1, 0.15) is 78.1 Å². The first-order valence-electron chi connectivity index (χ1n) is 17.0. The molecule has 48 heavy (non-hydrogen) atoms. The first-order valence-corrected chi connectivity index (χ1v) is 16.8. The van der Waals surface area contributed by atoms with Gasteiger partial charge in [-0.25, -0.2) is 4.79 Å². The van der Waals surface area contributed by atoms with Crippen molar-refractivity contribution in [2.24, 2.45) is 0 Å². The smallest absolute Gasteiger partial charge is 0.425 e. The van der Waals surface area contributed by atoms with Crippen molar-refractivity contribution in [2.75, 3.05) is 36.5 Å². The summed E-state index contributed by atoms with van der Waals surface area (Å²) >= 11 is 0.496. The summed E-state index contributed by atoms with van der Waals surface area (Å²) in [5, 5.41) is 8.41. The normalized spacial score (nSPS) is 21.9. The molecule has 1 N–H and O–H groups in total. The van der Waals surface area contributed by atoms with Crippen molar-refractivity contribution >= 4 is 46.1 Å². The maximum atomic E-state index is 14.4. The zero-order valence-electron chi connectivity index (χ0n) is 29.4. The van der Waals surface area contributed by atoms with Gasteiger partial charge >= 0.3 is 12.3 Å². The molecule has 2 atom stereocenters. The number of rotatable bonds is 6. The van der Waals surface area contributed by atoms with Gasteiger partial charge in [-0.05, 0) is 70.9 Å². The Balaban J connectivity index is 1.41. The molecule has 1 saturated heterocycles. The summed E-state index contributed by atoms with van der Waals surface area (Å²) in [4.78, 5) is 48.6. The number of nitrogens with one attached hydrogen (secondary N) is 1. The highest BCUT2D eigenvalue weighted by atomic mass is 32.1. The van der Waals surface area contributed by atoms with Crippen LogP contribution in [0.15, 0.2) is 16.3 Å². The number of aromatic nitrogens is 4. The Morgan fingerprint density at radius 2 is 1.96 bits per heavy atom. The van der Waals surface area contributed by atoms with Gasteiger partial charge in [0, 0.05) is 31.1 Å². The lowest BCUT2D eigenvalue weighted by Crippen LogP contribution is -2.67. The molecule has 2 aliphatic heterocycles. The number of amides is 2. The minimum atomic E-state index is -4.56. The fourth-order valence-corrected chi connectivity index (χ4v) is 7.41. The second kappa shape index (κ2) is 12.8. The highest BCUT2D eigenvalue weighted by molar-refractivity contribution is 7.10. The van der Waals surface area contributed by atoms with Crippen molar-refractivity contribution < 1.29 is 35.0 Å². The molecule has 2 amide bonds. The largest absolute Gasteiger partial charge is 0.444 e. The van der Waals surface area contributed by atoms with Crippen molar-refractivity contribution in [1.82, 2.24) is 24.1 Å². The number of anilines is 2. The van der Waals surface area contributed by atoms with Crippen LogP contribution < -0.4 is 15.8 Å². The zero-order valence-corrected chi connectivity index (χ0v) is 28.3. The number of carbonyl (C=O) groups is 2. The lowest BCUT2D eigenvalue weighted by atomic mass is 9.81. The number of nitrogens with zero attached hydrogens (tertiary/aromatic N) is 6. The van der Waals surface area contributed by atoms with Gasteiger partial charge in [0.15, 0.2) is 5.82 Å². The van der Waals surface area contributed by atoms with Gasteiger partial charge in [0.1, 0.15) is 22.7 Å². The molecule has 0 unspecified atom stereocenters. The van der Waals surface area contributed by atoms with Gasteiger partial charge in [-0.15, -0.1) is 16.4 Å². The summed E-state index contributed by atoms with van der Waals surface area (Å²) in [5.74, 6) is -0.385. The van der Waals surface area contributed by atoms with E-state index in [1.54, 1.807) is 36.3 Å². The fraction of sp³-hybridized carbons (Fsp3) is 0.594. The van der Waals surface area contributed by atoms with E-state index in [-0.39, 0.29) is 60.9 Å². The molecule has 3 aromatic rings. The van der Waals surface area contributed by atoms with E-state index in [2.05, 4.69) is 15.4 Å². The number of halogens is 3. The molecule has 2 fully saturated rings. The Bertz CT molecular complexity index is 1920. The fourth-order valence-electron chi connectivity index (χ4n) is 6.52. The average Bonchev–Trinajstić information content (AvgIpc) is 3.54. The molecule has 16 heteroatoms. The van der Waals surface area contributed by atoms with Crippen LogP contribution in [0.2, 0.25) is 0 Å². The molecule has 0 spiro atoms. The molecule has 0 radical (unpaired) electrons. The average molecular weight is 694 g/mol. The van der Waals surface area contributed by atoms with E-state index in [0.29, 0.717) is 54.2 Å². The molecular weight excluding hydrogens is 651 g/mol. The third-order valence-electron chi connectivity index (χ3n) is 8.83. The molecule has 0 bridgehead atoms. The van der Waals surface area contributed by atoms with Crippen LogP contribution in [0.5, 0.6) is 0 Å². The van der Waals surface area contributed by atoms with Crippen LogP contribution in [-0.2, 0) is 33.4 Å². The molecule has 12 nitrogen and oxygen atoms in total.